The van der Waals surface area contributed by atoms with Crippen LogP contribution >= 0.6 is 0 Å². The Morgan fingerprint density at radius 1 is 1.25 bits per heavy atom. The maximum Gasteiger partial charge on any atom is 0.0674 e. The van der Waals surface area contributed by atoms with Crippen molar-refractivity contribution < 1.29 is 4.74 Å². The van der Waals surface area contributed by atoms with E-state index in [0.29, 0.717) is 18.2 Å². The predicted octanol–water partition coefficient (Wildman–Crippen LogP) is 2.67. The van der Waals surface area contributed by atoms with Crippen molar-refractivity contribution in [3.05, 3.63) is 34.9 Å². The molecular weight excluding hydrogens is 248 g/mol. The molecule has 2 rings (SSSR count). The molecule has 3 atom stereocenters. The molecule has 1 saturated heterocycles. The van der Waals surface area contributed by atoms with Gasteiger partial charge in [-0.05, 0) is 40.3 Å². The first kappa shape index (κ1) is 15.5. The van der Waals surface area contributed by atoms with Gasteiger partial charge in [0.1, 0.15) is 0 Å². The largest absolute Gasteiger partial charge is 0.376 e. The van der Waals surface area contributed by atoms with Gasteiger partial charge in [-0.15, -0.1) is 0 Å². The third-order valence-corrected chi connectivity index (χ3v) is 4.15. The molecule has 1 fully saturated rings. The number of morpholine rings is 1. The lowest BCUT2D eigenvalue weighted by molar-refractivity contribution is -0.0519. The lowest BCUT2D eigenvalue weighted by Gasteiger charge is -2.38. The number of hydrogen-bond donors (Lipinski definition) is 1. The number of ether oxygens (including phenoxy) is 1. The predicted molar refractivity (Wildman–Crippen MR) is 84.2 cm³/mol. The first-order valence-electron chi connectivity index (χ1n) is 7.60. The van der Waals surface area contributed by atoms with Gasteiger partial charge in [0.05, 0.1) is 12.7 Å². The molecule has 0 aliphatic carbocycles. The van der Waals surface area contributed by atoms with E-state index < -0.39 is 0 Å². The molecule has 1 aromatic carbocycles. The van der Waals surface area contributed by atoms with Crippen LogP contribution in [0.2, 0.25) is 0 Å². The van der Waals surface area contributed by atoms with Gasteiger partial charge in [0.2, 0.25) is 0 Å². The van der Waals surface area contributed by atoms with Gasteiger partial charge in [0.15, 0.2) is 0 Å². The Labute approximate surface area is 123 Å². The Bertz CT molecular complexity index is 426. The molecule has 3 heteroatoms. The SMILES string of the molecule is CNC(CN1CC(C)OCC1C)c1cc(C)cc(C)c1. The van der Waals surface area contributed by atoms with Crippen molar-refractivity contribution >= 4 is 0 Å². The Balaban J connectivity index is 2.11. The second-order valence-electron chi connectivity index (χ2n) is 6.21. The number of rotatable bonds is 4. The van der Waals surface area contributed by atoms with E-state index in [1.54, 1.807) is 0 Å². The van der Waals surface area contributed by atoms with E-state index in [1.165, 1.54) is 16.7 Å². The standard InChI is InChI=1S/C17H28N2O/c1-12-6-13(2)8-16(7-12)17(18-5)10-19-9-15(4)20-11-14(19)3/h6-8,14-15,17-18H,9-11H2,1-5H3. The number of benzene rings is 1. The first-order chi connectivity index (χ1) is 9.49. The molecule has 1 N–H and O–H groups in total. The van der Waals surface area contributed by atoms with Crippen LogP contribution in [-0.4, -0.2) is 43.8 Å². The average molecular weight is 276 g/mol. The summed E-state index contributed by atoms with van der Waals surface area (Å²) in [6.45, 7) is 11.6. The molecule has 3 nitrogen and oxygen atoms in total. The van der Waals surface area contributed by atoms with Gasteiger partial charge in [0, 0.05) is 25.2 Å². The highest BCUT2D eigenvalue weighted by Crippen LogP contribution is 2.21. The smallest absolute Gasteiger partial charge is 0.0674 e. The lowest BCUT2D eigenvalue weighted by Crippen LogP contribution is -2.49. The van der Waals surface area contributed by atoms with Crippen LogP contribution in [0.4, 0.5) is 0 Å². The van der Waals surface area contributed by atoms with Gasteiger partial charge in [-0.3, -0.25) is 4.90 Å². The summed E-state index contributed by atoms with van der Waals surface area (Å²) in [6, 6.07) is 7.69. The number of nitrogens with zero attached hydrogens (tertiary/aromatic N) is 1. The van der Waals surface area contributed by atoms with E-state index in [9.17, 15) is 0 Å². The van der Waals surface area contributed by atoms with Crippen LogP contribution in [0.1, 0.15) is 36.6 Å². The Morgan fingerprint density at radius 3 is 2.50 bits per heavy atom. The third-order valence-electron chi connectivity index (χ3n) is 4.15. The zero-order valence-electron chi connectivity index (χ0n) is 13.4. The fourth-order valence-corrected chi connectivity index (χ4v) is 3.04. The molecule has 0 spiro atoms. The monoisotopic (exact) mass is 276 g/mol. The normalized spacial score (nSPS) is 25.6. The second-order valence-corrected chi connectivity index (χ2v) is 6.21. The quantitative estimate of drug-likeness (QED) is 0.915. The molecule has 0 radical (unpaired) electrons. The number of aryl methyl sites for hydroxylation is 2. The van der Waals surface area contributed by atoms with Gasteiger partial charge in [-0.1, -0.05) is 29.3 Å². The molecule has 0 amide bonds. The van der Waals surface area contributed by atoms with Gasteiger partial charge >= 0.3 is 0 Å². The van der Waals surface area contributed by atoms with Crippen molar-refractivity contribution in [2.45, 2.75) is 45.9 Å². The van der Waals surface area contributed by atoms with Crippen molar-refractivity contribution in [3.63, 3.8) is 0 Å². The molecule has 0 saturated carbocycles. The molecule has 1 aliphatic rings. The third kappa shape index (κ3) is 3.81. The van der Waals surface area contributed by atoms with E-state index in [2.05, 4.69) is 63.2 Å². The zero-order chi connectivity index (χ0) is 14.7. The molecule has 0 aromatic heterocycles. The molecule has 0 bridgehead atoms. The summed E-state index contributed by atoms with van der Waals surface area (Å²) in [7, 11) is 2.05. The van der Waals surface area contributed by atoms with Crippen molar-refractivity contribution in [2.75, 3.05) is 26.7 Å². The average Bonchev–Trinajstić information content (AvgIpc) is 2.38. The minimum Gasteiger partial charge on any atom is -0.376 e. The summed E-state index contributed by atoms with van der Waals surface area (Å²) in [6.07, 6.45) is 0.336. The van der Waals surface area contributed by atoms with E-state index in [4.69, 9.17) is 4.74 Å². The fourth-order valence-electron chi connectivity index (χ4n) is 3.04. The molecule has 1 aliphatic heterocycles. The first-order valence-corrected chi connectivity index (χ1v) is 7.60. The highest BCUT2D eigenvalue weighted by atomic mass is 16.5. The van der Waals surface area contributed by atoms with Gasteiger partial charge in [-0.2, -0.15) is 0 Å². The summed E-state index contributed by atoms with van der Waals surface area (Å²) in [4.78, 5) is 2.53. The molecular formula is C17H28N2O. The Kier molecular flexibility index (Phi) is 5.19. The summed E-state index contributed by atoms with van der Waals surface area (Å²) in [5.41, 5.74) is 4.06. The highest BCUT2D eigenvalue weighted by molar-refractivity contribution is 5.30. The summed E-state index contributed by atoms with van der Waals surface area (Å²) in [5, 5.41) is 3.47. The van der Waals surface area contributed by atoms with Gasteiger partial charge in [-0.25, -0.2) is 0 Å². The van der Waals surface area contributed by atoms with Crippen LogP contribution in [0, 0.1) is 13.8 Å². The molecule has 3 unspecified atom stereocenters. The van der Waals surface area contributed by atoms with Crippen LogP contribution in [0.15, 0.2) is 18.2 Å². The van der Waals surface area contributed by atoms with Crippen LogP contribution in [0.3, 0.4) is 0 Å². The van der Waals surface area contributed by atoms with E-state index in [-0.39, 0.29) is 0 Å². The van der Waals surface area contributed by atoms with Crippen molar-refractivity contribution in [1.82, 2.24) is 10.2 Å². The molecule has 1 aromatic rings. The Hall–Kier alpha value is -0.900. The molecule has 112 valence electrons. The van der Waals surface area contributed by atoms with Crippen LogP contribution in [0.25, 0.3) is 0 Å². The van der Waals surface area contributed by atoms with E-state index in [1.807, 2.05) is 0 Å². The maximum atomic E-state index is 5.72. The van der Waals surface area contributed by atoms with Crippen molar-refractivity contribution in [3.8, 4) is 0 Å². The summed E-state index contributed by atoms with van der Waals surface area (Å²) >= 11 is 0. The number of hydrogen-bond acceptors (Lipinski definition) is 3. The Morgan fingerprint density at radius 2 is 1.90 bits per heavy atom. The maximum absolute atomic E-state index is 5.72. The van der Waals surface area contributed by atoms with Crippen molar-refractivity contribution in [1.29, 1.82) is 0 Å². The lowest BCUT2D eigenvalue weighted by atomic mass is 10.00. The topological polar surface area (TPSA) is 24.5 Å². The highest BCUT2D eigenvalue weighted by Gasteiger charge is 2.25. The fraction of sp³-hybridized carbons (Fsp3) is 0.647. The van der Waals surface area contributed by atoms with Gasteiger partial charge in [0.25, 0.3) is 0 Å². The summed E-state index contributed by atoms with van der Waals surface area (Å²) in [5.74, 6) is 0. The van der Waals surface area contributed by atoms with Crippen LogP contribution in [0.5, 0.6) is 0 Å². The van der Waals surface area contributed by atoms with Gasteiger partial charge < -0.3 is 10.1 Å². The molecule has 20 heavy (non-hydrogen) atoms. The zero-order valence-corrected chi connectivity index (χ0v) is 13.4. The van der Waals surface area contributed by atoms with Crippen LogP contribution < -0.4 is 5.32 Å². The number of likely N-dealkylation sites (N-methyl/N-ethyl adjacent to an activating group) is 1. The molecule has 1 heterocycles. The summed E-state index contributed by atoms with van der Waals surface area (Å²) < 4.78 is 5.72. The van der Waals surface area contributed by atoms with Crippen LogP contribution in [-0.2, 0) is 4.74 Å². The minimum absolute atomic E-state index is 0.336. The van der Waals surface area contributed by atoms with E-state index >= 15 is 0 Å². The number of nitrogens with one attached hydrogen (secondary N) is 1. The van der Waals surface area contributed by atoms with E-state index in [0.717, 1.165) is 19.7 Å². The van der Waals surface area contributed by atoms with Crippen molar-refractivity contribution in [2.24, 2.45) is 0 Å². The second kappa shape index (κ2) is 6.70. The minimum atomic E-state index is 0.336.